The van der Waals surface area contributed by atoms with E-state index in [0.717, 1.165) is 18.6 Å². The zero-order valence-electron chi connectivity index (χ0n) is 12.8. The van der Waals surface area contributed by atoms with Crippen LogP contribution in [0.5, 0.6) is 0 Å². The SMILES string of the molecule is CC(C)(C(=O)NC1CCOC1C1CC1)c1ccc(N)cc1. The number of nitrogens with one attached hydrogen (secondary N) is 1. The molecule has 114 valence electrons. The molecule has 0 bridgehead atoms. The van der Waals surface area contributed by atoms with Crippen LogP contribution in [-0.4, -0.2) is 24.7 Å². The van der Waals surface area contributed by atoms with Crippen LogP contribution in [0.3, 0.4) is 0 Å². The molecule has 1 aromatic rings. The highest BCUT2D eigenvalue weighted by Gasteiger charge is 2.42. The molecule has 4 heteroatoms. The zero-order chi connectivity index (χ0) is 15.0. The van der Waals surface area contributed by atoms with Gasteiger partial charge in [0.1, 0.15) is 0 Å². The second kappa shape index (κ2) is 5.34. The van der Waals surface area contributed by atoms with Gasteiger partial charge < -0.3 is 15.8 Å². The average Bonchev–Trinajstić information content (AvgIpc) is 3.19. The van der Waals surface area contributed by atoms with Crippen LogP contribution in [-0.2, 0) is 14.9 Å². The van der Waals surface area contributed by atoms with Crippen molar-refractivity contribution in [3.63, 3.8) is 0 Å². The first-order chi connectivity index (χ1) is 9.98. The molecule has 2 atom stereocenters. The predicted molar refractivity (Wildman–Crippen MR) is 82.9 cm³/mol. The van der Waals surface area contributed by atoms with Crippen molar-refractivity contribution in [2.45, 2.75) is 50.7 Å². The maximum Gasteiger partial charge on any atom is 0.230 e. The van der Waals surface area contributed by atoms with Gasteiger partial charge in [-0.2, -0.15) is 0 Å². The first-order valence-electron chi connectivity index (χ1n) is 7.77. The van der Waals surface area contributed by atoms with Crippen molar-refractivity contribution in [3.05, 3.63) is 29.8 Å². The normalized spacial score (nSPS) is 25.8. The van der Waals surface area contributed by atoms with Crippen LogP contribution in [0.1, 0.15) is 38.7 Å². The van der Waals surface area contributed by atoms with Gasteiger partial charge in [0.05, 0.1) is 17.6 Å². The van der Waals surface area contributed by atoms with Crippen LogP contribution >= 0.6 is 0 Å². The lowest BCUT2D eigenvalue weighted by molar-refractivity contribution is -0.126. The van der Waals surface area contributed by atoms with Gasteiger partial charge >= 0.3 is 0 Å². The number of nitrogen functional groups attached to an aromatic ring is 1. The third kappa shape index (κ3) is 2.91. The Morgan fingerprint density at radius 1 is 1.24 bits per heavy atom. The molecule has 3 rings (SSSR count). The highest BCUT2D eigenvalue weighted by molar-refractivity contribution is 5.87. The van der Waals surface area contributed by atoms with Crippen LogP contribution in [0.4, 0.5) is 5.69 Å². The van der Waals surface area contributed by atoms with Crippen LogP contribution in [0.2, 0.25) is 0 Å². The van der Waals surface area contributed by atoms with E-state index in [2.05, 4.69) is 5.32 Å². The topological polar surface area (TPSA) is 64.3 Å². The van der Waals surface area contributed by atoms with Gasteiger partial charge in [-0.3, -0.25) is 4.79 Å². The summed E-state index contributed by atoms with van der Waals surface area (Å²) in [5.74, 6) is 0.714. The number of anilines is 1. The summed E-state index contributed by atoms with van der Waals surface area (Å²) in [5.41, 5.74) is 6.85. The summed E-state index contributed by atoms with van der Waals surface area (Å²) < 4.78 is 5.79. The molecular formula is C17H24N2O2. The van der Waals surface area contributed by atoms with Crippen LogP contribution < -0.4 is 11.1 Å². The number of benzene rings is 1. The minimum atomic E-state index is -0.565. The Morgan fingerprint density at radius 3 is 2.52 bits per heavy atom. The van der Waals surface area contributed by atoms with E-state index < -0.39 is 5.41 Å². The molecule has 4 nitrogen and oxygen atoms in total. The number of nitrogens with two attached hydrogens (primary N) is 1. The highest BCUT2D eigenvalue weighted by Crippen LogP contribution is 2.39. The molecular weight excluding hydrogens is 264 g/mol. The largest absolute Gasteiger partial charge is 0.399 e. The molecule has 1 saturated carbocycles. The Bertz CT molecular complexity index is 520. The Kier molecular flexibility index (Phi) is 3.66. The van der Waals surface area contributed by atoms with Gasteiger partial charge in [0, 0.05) is 12.3 Å². The lowest BCUT2D eigenvalue weighted by Gasteiger charge is -2.28. The van der Waals surface area contributed by atoms with E-state index in [1.165, 1.54) is 12.8 Å². The molecule has 0 spiro atoms. The third-order valence-electron chi connectivity index (χ3n) is 4.74. The molecule has 3 N–H and O–H groups in total. The number of rotatable bonds is 4. The molecule has 2 unspecified atom stereocenters. The van der Waals surface area contributed by atoms with Crippen molar-refractivity contribution >= 4 is 11.6 Å². The summed E-state index contributed by atoms with van der Waals surface area (Å²) in [6.07, 6.45) is 3.61. The average molecular weight is 288 g/mol. The van der Waals surface area contributed by atoms with Crippen molar-refractivity contribution in [2.75, 3.05) is 12.3 Å². The standard InChI is InChI=1S/C17H24N2O2/c1-17(2,12-5-7-13(18)8-6-12)16(20)19-14-9-10-21-15(14)11-3-4-11/h5-8,11,14-15H,3-4,9-10,18H2,1-2H3,(H,19,20). The van der Waals surface area contributed by atoms with Crippen molar-refractivity contribution < 1.29 is 9.53 Å². The minimum absolute atomic E-state index is 0.0634. The molecule has 2 fully saturated rings. The summed E-state index contributed by atoms with van der Waals surface area (Å²) in [4.78, 5) is 12.7. The quantitative estimate of drug-likeness (QED) is 0.835. The summed E-state index contributed by atoms with van der Waals surface area (Å²) in [6.45, 7) is 4.67. The number of hydrogen-bond acceptors (Lipinski definition) is 3. The molecule has 1 amide bonds. The third-order valence-corrected chi connectivity index (χ3v) is 4.74. The van der Waals surface area contributed by atoms with Gasteiger partial charge in [-0.05, 0) is 56.7 Å². The molecule has 1 aliphatic carbocycles. The number of ether oxygens (including phenoxy) is 1. The van der Waals surface area contributed by atoms with E-state index in [1.807, 2.05) is 38.1 Å². The Labute approximate surface area is 126 Å². The van der Waals surface area contributed by atoms with Crippen molar-refractivity contribution in [1.82, 2.24) is 5.32 Å². The molecule has 21 heavy (non-hydrogen) atoms. The maximum atomic E-state index is 12.7. The highest BCUT2D eigenvalue weighted by atomic mass is 16.5. The Balaban J connectivity index is 1.69. The van der Waals surface area contributed by atoms with Gasteiger partial charge in [0.2, 0.25) is 5.91 Å². The number of hydrogen-bond donors (Lipinski definition) is 2. The van der Waals surface area contributed by atoms with Crippen LogP contribution in [0, 0.1) is 5.92 Å². The van der Waals surface area contributed by atoms with Crippen molar-refractivity contribution in [3.8, 4) is 0 Å². The lowest BCUT2D eigenvalue weighted by Crippen LogP contribution is -2.48. The summed E-state index contributed by atoms with van der Waals surface area (Å²) in [6, 6.07) is 7.71. The fourth-order valence-electron chi connectivity index (χ4n) is 3.03. The van der Waals surface area contributed by atoms with Gasteiger partial charge in [0.15, 0.2) is 0 Å². The predicted octanol–water partition coefficient (Wildman–Crippen LogP) is 2.23. The minimum Gasteiger partial charge on any atom is -0.399 e. The maximum absolute atomic E-state index is 12.7. The zero-order valence-corrected chi connectivity index (χ0v) is 12.8. The second-order valence-electron chi connectivity index (χ2n) is 6.79. The smallest absolute Gasteiger partial charge is 0.230 e. The second-order valence-corrected chi connectivity index (χ2v) is 6.79. The van der Waals surface area contributed by atoms with Gasteiger partial charge in [-0.15, -0.1) is 0 Å². The number of carbonyl (C=O) groups is 1. The summed E-state index contributed by atoms with van der Waals surface area (Å²) >= 11 is 0. The van der Waals surface area contributed by atoms with E-state index >= 15 is 0 Å². The fourth-order valence-corrected chi connectivity index (χ4v) is 3.03. The van der Waals surface area contributed by atoms with Gasteiger partial charge in [0.25, 0.3) is 0 Å². The van der Waals surface area contributed by atoms with E-state index in [9.17, 15) is 4.79 Å². The molecule has 0 aromatic heterocycles. The summed E-state index contributed by atoms with van der Waals surface area (Å²) in [5, 5.41) is 3.21. The molecule has 1 saturated heterocycles. The fraction of sp³-hybridized carbons (Fsp3) is 0.588. The molecule has 1 aromatic carbocycles. The monoisotopic (exact) mass is 288 g/mol. The first kappa shape index (κ1) is 14.4. The molecule has 1 aliphatic heterocycles. The number of carbonyl (C=O) groups excluding carboxylic acids is 1. The lowest BCUT2D eigenvalue weighted by atomic mass is 9.83. The number of amides is 1. The van der Waals surface area contributed by atoms with Crippen molar-refractivity contribution in [1.29, 1.82) is 0 Å². The van der Waals surface area contributed by atoms with Crippen LogP contribution in [0.25, 0.3) is 0 Å². The van der Waals surface area contributed by atoms with Crippen molar-refractivity contribution in [2.24, 2.45) is 5.92 Å². The van der Waals surface area contributed by atoms with E-state index in [0.29, 0.717) is 11.6 Å². The molecule has 0 radical (unpaired) electrons. The van der Waals surface area contributed by atoms with Gasteiger partial charge in [-0.25, -0.2) is 0 Å². The van der Waals surface area contributed by atoms with Gasteiger partial charge in [-0.1, -0.05) is 12.1 Å². The summed E-state index contributed by atoms with van der Waals surface area (Å²) in [7, 11) is 0. The Hall–Kier alpha value is -1.55. The van der Waals surface area contributed by atoms with E-state index in [-0.39, 0.29) is 18.1 Å². The molecule has 1 heterocycles. The molecule has 2 aliphatic rings. The first-order valence-corrected chi connectivity index (χ1v) is 7.77. The van der Waals surface area contributed by atoms with E-state index in [4.69, 9.17) is 10.5 Å². The van der Waals surface area contributed by atoms with E-state index in [1.54, 1.807) is 0 Å². The Morgan fingerprint density at radius 2 is 1.90 bits per heavy atom. The van der Waals surface area contributed by atoms with Crippen LogP contribution in [0.15, 0.2) is 24.3 Å².